The second-order valence-electron chi connectivity index (χ2n) is 5.83. The Morgan fingerprint density at radius 2 is 1.43 bits per heavy atom. The summed E-state index contributed by atoms with van der Waals surface area (Å²) in [7, 11) is 0. The van der Waals surface area contributed by atoms with Crippen LogP contribution < -0.4 is 10.6 Å². The number of carbonyl (C=O) groups is 2. The van der Waals surface area contributed by atoms with Crippen molar-refractivity contribution in [3.05, 3.63) is 88.4 Å². The minimum Gasteiger partial charge on any atom is -0.325 e. The average molecular weight is 431 g/mol. The number of benzene rings is 3. The molecule has 0 unspecified atom stereocenters. The van der Waals surface area contributed by atoms with E-state index in [9.17, 15) is 9.59 Å². The number of thioether (sulfide) groups is 1. The highest BCUT2D eigenvalue weighted by atomic mass is 35.5. The Morgan fingerprint density at radius 1 is 0.786 bits per heavy atom. The fourth-order valence-corrected chi connectivity index (χ4v) is 3.36. The molecule has 3 aromatic carbocycles. The molecule has 0 aliphatic rings. The molecule has 0 aliphatic carbocycles. The molecule has 3 rings (SSSR count). The van der Waals surface area contributed by atoms with Crippen molar-refractivity contribution in [2.45, 2.75) is 4.90 Å². The van der Waals surface area contributed by atoms with Crippen LogP contribution >= 0.6 is 35.0 Å². The summed E-state index contributed by atoms with van der Waals surface area (Å²) < 4.78 is 0. The van der Waals surface area contributed by atoms with E-state index in [4.69, 9.17) is 23.2 Å². The molecule has 7 heteroatoms. The second kappa shape index (κ2) is 9.64. The third kappa shape index (κ3) is 6.02. The third-order valence-electron chi connectivity index (χ3n) is 3.70. The lowest BCUT2D eigenvalue weighted by Gasteiger charge is -2.08. The zero-order chi connectivity index (χ0) is 19.9. The zero-order valence-electron chi connectivity index (χ0n) is 14.6. The summed E-state index contributed by atoms with van der Waals surface area (Å²) in [5.74, 6) is -0.0625. The summed E-state index contributed by atoms with van der Waals surface area (Å²) in [5.41, 5.74) is 1.86. The summed E-state index contributed by atoms with van der Waals surface area (Å²) >= 11 is 13.1. The maximum atomic E-state index is 12.2. The van der Waals surface area contributed by atoms with E-state index in [1.807, 2.05) is 12.1 Å². The molecule has 0 aromatic heterocycles. The van der Waals surface area contributed by atoms with Crippen LogP contribution in [-0.4, -0.2) is 17.6 Å². The number of amides is 2. The molecule has 0 spiro atoms. The third-order valence-corrected chi connectivity index (χ3v) is 5.20. The standard InChI is InChI=1S/C21H16Cl2N2O2S/c22-15-4-6-17(7-5-15)24-20(26)13-28-19-10-8-18(9-11-19)25-21(27)14-2-1-3-16(23)12-14/h1-12H,13H2,(H,24,26)(H,25,27). The van der Waals surface area contributed by atoms with Crippen LogP contribution in [0.25, 0.3) is 0 Å². The number of hydrogen-bond acceptors (Lipinski definition) is 3. The van der Waals surface area contributed by atoms with Crippen molar-refractivity contribution in [2.24, 2.45) is 0 Å². The minimum atomic E-state index is -0.231. The molecule has 0 saturated carbocycles. The maximum Gasteiger partial charge on any atom is 0.255 e. The SMILES string of the molecule is O=C(CSc1ccc(NC(=O)c2cccc(Cl)c2)cc1)Nc1ccc(Cl)cc1. The van der Waals surface area contributed by atoms with E-state index in [1.165, 1.54) is 11.8 Å². The molecule has 0 saturated heterocycles. The van der Waals surface area contributed by atoms with Crippen LogP contribution in [0.4, 0.5) is 11.4 Å². The number of carbonyl (C=O) groups excluding carboxylic acids is 2. The van der Waals surface area contributed by atoms with Crippen LogP contribution in [-0.2, 0) is 4.79 Å². The summed E-state index contributed by atoms with van der Waals surface area (Å²) in [6, 6.07) is 21.0. The van der Waals surface area contributed by atoms with Crippen LogP contribution in [0, 0.1) is 0 Å². The predicted molar refractivity (Wildman–Crippen MR) is 117 cm³/mol. The van der Waals surface area contributed by atoms with Crippen molar-refractivity contribution in [1.29, 1.82) is 0 Å². The molecule has 0 bridgehead atoms. The Hall–Kier alpha value is -2.47. The molecule has 0 heterocycles. The highest BCUT2D eigenvalue weighted by Crippen LogP contribution is 2.22. The van der Waals surface area contributed by atoms with Gasteiger partial charge in [0.25, 0.3) is 5.91 Å². The first-order valence-electron chi connectivity index (χ1n) is 8.35. The summed E-state index contributed by atoms with van der Waals surface area (Å²) in [6.45, 7) is 0. The smallest absolute Gasteiger partial charge is 0.255 e. The van der Waals surface area contributed by atoms with E-state index in [-0.39, 0.29) is 17.6 Å². The monoisotopic (exact) mass is 430 g/mol. The molecule has 142 valence electrons. The van der Waals surface area contributed by atoms with Crippen molar-refractivity contribution >= 4 is 58.2 Å². The Bertz CT molecular complexity index is 976. The van der Waals surface area contributed by atoms with Gasteiger partial charge in [0.1, 0.15) is 0 Å². The average Bonchev–Trinajstić information content (AvgIpc) is 2.69. The Morgan fingerprint density at radius 3 is 2.11 bits per heavy atom. The van der Waals surface area contributed by atoms with Gasteiger partial charge >= 0.3 is 0 Å². The molecule has 0 aliphatic heterocycles. The van der Waals surface area contributed by atoms with Gasteiger partial charge in [-0.25, -0.2) is 0 Å². The van der Waals surface area contributed by atoms with Crippen molar-refractivity contribution in [2.75, 3.05) is 16.4 Å². The normalized spacial score (nSPS) is 10.4. The van der Waals surface area contributed by atoms with Crippen molar-refractivity contribution in [3.8, 4) is 0 Å². The van der Waals surface area contributed by atoms with E-state index in [0.29, 0.717) is 27.0 Å². The van der Waals surface area contributed by atoms with E-state index in [2.05, 4.69) is 10.6 Å². The number of nitrogens with one attached hydrogen (secondary N) is 2. The molecular weight excluding hydrogens is 415 g/mol. The lowest BCUT2D eigenvalue weighted by molar-refractivity contribution is -0.113. The van der Waals surface area contributed by atoms with Crippen LogP contribution in [0.3, 0.4) is 0 Å². The van der Waals surface area contributed by atoms with Gasteiger partial charge in [-0.05, 0) is 66.7 Å². The lowest BCUT2D eigenvalue weighted by Crippen LogP contribution is -2.13. The topological polar surface area (TPSA) is 58.2 Å². The van der Waals surface area contributed by atoms with Crippen LogP contribution in [0.15, 0.2) is 77.7 Å². The second-order valence-corrected chi connectivity index (χ2v) is 7.75. The van der Waals surface area contributed by atoms with Crippen LogP contribution in [0.1, 0.15) is 10.4 Å². The highest BCUT2D eigenvalue weighted by Gasteiger charge is 2.07. The summed E-state index contributed by atoms with van der Waals surface area (Å²) in [4.78, 5) is 25.2. The first-order chi connectivity index (χ1) is 13.5. The van der Waals surface area contributed by atoms with Crippen molar-refractivity contribution < 1.29 is 9.59 Å². The van der Waals surface area contributed by atoms with Gasteiger partial charge in [0.05, 0.1) is 5.75 Å². The summed E-state index contributed by atoms with van der Waals surface area (Å²) in [6.07, 6.45) is 0. The van der Waals surface area contributed by atoms with E-state index >= 15 is 0 Å². The van der Waals surface area contributed by atoms with Gasteiger partial charge in [0.15, 0.2) is 0 Å². The molecule has 0 atom stereocenters. The van der Waals surface area contributed by atoms with Gasteiger partial charge < -0.3 is 10.6 Å². The number of halogens is 2. The fourth-order valence-electron chi connectivity index (χ4n) is 2.35. The van der Waals surface area contributed by atoms with Gasteiger partial charge in [0.2, 0.25) is 5.91 Å². The fraction of sp³-hybridized carbons (Fsp3) is 0.0476. The molecule has 28 heavy (non-hydrogen) atoms. The molecular formula is C21H16Cl2N2O2S. The molecule has 2 amide bonds. The molecule has 2 N–H and O–H groups in total. The van der Waals surface area contributed by atoms with Crippen LogP contribution in [0.5, 0.6) is 0 Å². The van der Waals surface area contributed by atoms with E-state index < -0.39 is 0 Å². The van der Waals surface area contributed by atoms with Crippen molar-refractivity contribution in [3.63, 3.8) is 0 Å². The zero-order valence-corrected chi connectivity index (χ0v) is 16.9. The van der Waals surface area contributed by atoms with Gasteiger partial charge in [0, 0.05) is 31.9 Å². The predicted octanol–water partition coefficient (Wildman–Crippen LogP) is 5.98. The van der Waals surface area contributed by atoms with E-state index in [1.54, 1.807) is 60.7 Å². The molecule has 4 nitrogen and oxygen atoms in total. The minimum absolute atomic E-state index is 0.106. The van der Waals surface area contributed by atoms with Gasteiger partial charge in [-0.3, -0.25) is 9.59 Å². The highest BCUT2D eigenvalue weighted by molar-refractivity contribution is 8.00. The number of hydrogen-bond donors (Lipinski definition) is 2. The number of rotatable bonds is 6. The van der Waals surface area contributed by atoms with Gasteiger partial charge in [-0.2, -0.15) is 0 Å². The first-order valence-corrected chi connectivity index (χ1v) is 10.1. The van der Waals surface area contributed by atoms with Gasteiger partial charge in [-0.15, -0.1) is 11.8 Å². The van der Waals surface area contributed by atoms with Crippen molar-refractivity contribution in [1.82, 2.24) is 0 Å². The Balaban J connectivity index is 1.50. The lowest BCUT2D eigenvalue weighted by atomic mass is 10.2. The number of anilines is 2. The summed E-state index contributed by atoms with van der Waals surface area (Å²) in [5, 5.41) is 6.76. The largest absolute Gasteiger partial charge is 0.325 e. The Labute approximate surface area is 177 Å². The maximum absolute atomic E-state index is 12.2. The quantitative estimate of drug-likeness (QED) is 0.473. The molecule has 0 fully saturated rings. The van der Waals surface area contributed by atoms with Gasteiger partial charge in [-0.1, -0.05) is 29.3 Å². The first kappa shape index (κ1) is 20.3. The molecule has 0 radical (unpaired) electrons. The molecule has 3 aromatic rings. The van der Waals surface area contributed by atoms with E-state index in [0.717, 1.165) is 4.90 Å². The van der Waals surface area contributed by atoms with Crippen LogP contribution in [0.2, 0.25) is 10.0 Å². The Kier molecular flexibility index (Phi) is 6.98.